The summed E-state index contributed by atoms with van der Waals surface area (Å²) in [6, 6.07) is 12.1. The number of benzene rings is 1. The Morgan fingerprint density at radius 1 is 1.26 bits per heavy atom. The highest BCUT2D eigenvalue weighted by atomic mass is 35.5. The van der Waals surface area contributed by atoms with E-state index < -0.39 is 0 Å². The van der Waals surface area contributed by atoms with Crippen molar-refractivity contribution in [1.29, 1.82) is 5.26 Å². The minimum absolute atomic E-state index is 0.534. The molecule has 0 atom stereocenters. The summed E-state index contributed by atoms with van der Waals surface area (Å²) in [6.45, 7) is 2.77. The molecular weight excluding hydrogens is 308 g/mol. The predicted molar refractivity (Wildman–Crippen MR) is 91.4 cm³/mol. The summed E-state index contributed by atoms with van der Waals surface area (Å²) in [7, 11) is 0. The summed E-state index contributed by atoms with van der Waals surface area (Å²) >= 11 is 5.95. The van der Waals surface area contributed by atoms with Crippen molar-refractivity contribution in [3.8, 4) is 6.07 Å². The summed E-state index contributed by atoms with van der Waals surface area (Å²) in [4.78, 5) is 9.29. The lowest BCUT2D eigenvalue weighted by Crippen LogP contribution is -2.05. The summed E-state index contributed by atoms with van der Waals surface area (Å²) in [6.07, 6.45) is 3.91. The molecule has 23 heavy (non-hydrogen) atoms. The van der Waals surface area contributed by atoms with Gasteiger partial charge in [0, 0.05) is 30.6 Å². The van der Waals surface area contributed by atoms with Gasteiger partial charge in [-0.25, -0.2) is 9.97 Å². The van der Waals surface area contributed by atoms with Crippen LogP contribution in [0.15, 0.2) is 36.5 Å². The van der Waals surface area contributed by atoms with Gasteiger partial charge in [0.2, 0.25) is 0 Å². The van der Waals surface area contributed by atoms with Crippen molar-refractivity contribution < 1.29 is 0 Å². The average Bonchev–Trinajstić information content (AvgIpc) is 2.86. The zero-order valence-corrected chi connectivity index (χ0v) is 13.7. The topological polar surface area (TPSA) is 54.5 Å². The van der Waals surface area contributed by atoms with Crippen LogP contribution in [0, 0.1) is 18.3 Å². The van der Waals surface area contributed by atoms with E-state index in [2.05, 4.69) is 21.7 Å². The van der Waals surface area contributed by atoms with Gasteiger partial charge in [-0.1, -0.05) is 23.7 Å². The third-order valence-corrected chi connectivity index (χ3v) is 4.00. The maximum atomic E-state index is 8.77. The van der Waals surface area contributed by atoms with Crippen LogP contribution in [0.5, 0.6) is 0 Å². The molecule has 0 radical (unpaired) electrons. The summed E-state index contributed by atoms with van der Waals surface area (Å²) in [5, 5.41) is 9.50. The molecule has 0 unspecified atom stereocenters. The number of fused-ring (bicyclic) bond motifs is 1. The molecule has 0 saturated carbocycles. The minimum atomic E-state index is 0.534. The molecule has 4 nitrogen and oxygen atoms in total. The fourth-order valence-electron chi connectivity index (χ4n) is 2.63. The predicted octanol–water partition coefficient (Wildman–Crippen LogP) is 4.29. The van der Waals surface area contributed by atoms with Gasteiger partial charge in [0.25, 0.3) is 0 Å². The summed E-state index contributed by atoms with van der Waals surface area (Å²) < 4.78 is 2.13. The zero-order chi connectivity index (χ0) is 16.2. The quantitative estimate of drug-likeness (QED) is 0.658. The first kappa shape index (κ1) is 15.5. The van der Waals surface area contributed by atoms with Crippen LogP contribution >= 0.6 is 11.6 Å². The number of unbranched alkanes of at least 4 members (excludes halogenated alkanes) is 1. The van der Waals surface area contributed by atoms with Crippen LogP contribution in [0.2, 0.25) is 5.02 Å². The smallest absolute Gasteiger partial charge is 0.160 e. The molecule has 3 rings (SSSR count). The fourth-order valence-corrected chi connectivity index (χ4v) is 2.76. The lowest BCUT2D eigenvalue weighted by Gasteiger charge is -2.08. The molecule has 0 aliphatic carbocycles. The van der Waals surface area contributed by atoms with Crippen molar-refractivity contribution in [2.75, 3.05) is 0 Å². The summed E-state index contributed by atoms with van der Waals surface area (Å²) in [5.41, 5.74) is 4.05. The standard InChI is InChI=1S/C18H17ClN4/c1-13-10-16-18(21-12-13)23(9-3-2-8-20)17(22-16)11-14-4-6-15(19)7-5-14/h4-7,10,12H,2-3,9,11H2,1H3. The highest BCUT2D eigenvalue weighted by Crippen LogP contribution is 2.19. The van der Waals surface area contributed by atoms with E-state index in [-0.39, 0.29) is 0 Å². The lowest BCUT2D eigenvalue weighted by molar-refractivity contribution is 0.637. The van der Waals surface area contributed by atoms with E-state index in [1.807, 2.05) is 37.4 Å². The number of nitrogens with zero attached hydrogens (tertiary/aromatic N) is 4. The highest BCUT2D eigenvalue weighted by molar-refractivity contribution is 6.30. The minimum Gasteiger partial charge on any atom is -0.312 e. The van der Waals surface area contributed by atoms with Crippen molar-refractivity contribution in [3.63, 3.8) is 0 Å². The Labute approximate surface area is 140 Å². The molecule has 5 heteroatoms. The van der Waals surface area contributed by atoms with Crippen LogP contribution < -0.4 is 0 Å². The van der Waals surface area contributed by atoms with Crippen molar-refractivity contribution in [3.05, 3.63) is 58.5 Å². The Hall–Kier alpha value is -2.38. The van der Waals surface area contributed by atoms with Crippen molar-refractivity contribution in [1.82, 2.24) is 14.5 Å². The number of hydrogen-bond donors (Lipinski definition) is 0. The first-order valence-corrected chi connectivity index (χ1v) is 7.98. The number of aryl methyl sites for hydroxylation is 2. The number of rotatable bonds is 5. The molecule has 116 valence electrons. The third-order valence-electron chi connectivity index (χ3n) is 3.75. The Bertz CT molecular complexity index is 859. The van der Waals surface area contributed by atoms with Crippen molar-refractivity contribution >= 4 is 22.8 Å². The third kappa shape index (κ3) is 3.52. The van der Waals surface area contributed by atoms with Crippen molar-refractivity contribution in [2.45, 2.75) is 32.7 Å². The van der Waals surface area contributed by atoms with Crippen LogP contribution in [0.25, 0.3) is 11.2 Å². The number of aromatic nitrogens is 3. The Morgan fingerprint density at radius 3 is 2.78 bits per heavy atom. The number of halogens is 1. The molecule has 0 aliphatic heterocycles. The zero-order valence-electron chi connectivity index (χ0n) is 13.0. The van der Waals surface area contributed by atoms with Gasteiger partial charge in [-0.15, -0.1) is 0 Å². The maximum Gasteiger partial charge on any atom is 0.160 e. The average molecular weight is 325 g/mol. The van der Waals surface area contributed by atoms with E-state index in [9.17, 15) is 0 Å². The molecule has 0 bridgehead atoms. The normalized spacial score (nSPS) is 10.8. The fraction of sp³-hybridized carbons (Fsp3) is 0.278. The van der Waals surface area contributed by atoms with Gasteiger partial charge >= 0.3 is 0 Å². The monoisotopic (exact) mass is 324 g/mol. The second-order valence-electron chi connectivity index (χ2n) is 5.60. The van der Waals surface area contributed by atoms with Gasteiger partial charge in [-0.2, -0.15) is 5.26 Å². The van der Waals surface area contributed by atoms with Crippen LogP contribution in [-0.2, 0) is 13.0 Å². The molecule has 0 fully saturated rings. The number of hydrogen-bond acceptors (Lipinski definition) is 3. The van der Waals surface area contributed by atoms with Gasteiger partial charge in [0.1, 0.15) is 11.3 Å². The van der Waals surface area contributed by atoms with Crippen molar-refractivity contribution in [2.24, 2.45) is 0 Å². The van der Waals surface area contributed by atoms with Crippen LogP contribution in [0.1, 0.15) is 29.8 Å². The molecule has 0 aliphatic rings. The van der Waals surface area contributed by atoms with Gasteiger partial charge in [-0.05, 0) is 42.7 Å². The SMILES string of the molecule is Cc1cnc2c(c1)nc(Cc1ccc(Cl)cc1)n2CCCC#N. The van der Waals surface area contributed by atoms with E-state index in [4.69, 9.17) is 21.8 Å². The summed E-state index contributed by atoms with van der Waals surface area (Å²) in [5.74, 6) is 0.971. The number of nitriles is 1. The van der Waals surface area contributed by atoms with Gasteiger partial charge < -0.3 is 4.57 Å². The molecule has 0 saturated heterocycles. The lowest BCUT2D eigenvalue weighted by atomic mass is 10.1. The number of imidazole rings is 1. The first-order chi connectivity index (χ1) is 11.2. The molecule has 0 amide bonds. The van der Waals surface area contributed by atoms with Crippen LogP contribution in [0.4, 0.5) is 0 Å². The molecule has 1 aromatic carbocycles. The van der Waals surface area contributed by atoms with Gasteiger partial charge in [0.15, 0.2) is 5.65 Å². The Balaban J connectivity index is 1.98. The van der Waals surface area contributed by atoms with Gasteiger partial charge in [-0.3, -0.25) is 0 Å². The van der Waals surface area contributed by atoms with E-state index in [0.29, 0.717) is 6.42 Å². The van der Waals surface area contributed by atoms with E-state index in [1.165, 1.54) is 0 Å². The molecule has 2 aromatic heterocycles. The van der Waals surface area contributed by atoms with E-state index in [0.717, 1.165) is 52.5 Å². The second-order valence-corrected chi connectivity index (χ2v) is 6.04. The Kier molecular flexibility index (Phi) is 4.59. The number of pyridine rings is 1. The molecule has 0 spiro atoms. The van der Waals surface area contributed by atoms with E-state index in [1.54, 1.807) is 0 Å². The van der Waals surface area contributed by atoms with Crippen LogP contribution in [0.3, 0.4) is 0 Å². The highest BCUT2D eigenvalue weighted by Gasteiger charge is 2.12. The molecule has 0 N–H and O–H groups in total. The molecule has 2 heterocycles. The molecule has 3 aromatic rings. The van der Waals surface area contributed by atoms with E-state index >= 15 is 0 Å². The second kappa shape index (κ2) is 6.80. The van der Waals surface area contributed by atoms with Gasteiger partial charge in [0.05, 0.1) is 6.07 Å². The first-order valence-electron chi connectivity index (χ1n) is 7.60. The largest absolute Gasteiger partial charge is 0.312 e. The van der Waals surface area contributed by atoms with Crippen LogP contribution in [-0.4, -0.2) is 14.5 Å². The Morgan fingerprint density at radius 2 is 2.04 bits per heavy atom. The maximum absolute atomic E-state index is 8.77. The molecular formula is C18H17ClN4.